The monoisotopic (exact) mass is 175 g/mol. The maximum Gasteiger partial charge on any atom is 0.248 e. The highest BCUT2D eigenvalue weighted by Crippen LogP contribution is 1.84. The van der Waals surface area contributed by atoms with Crippen molar-refractivity contribution in [1.29, 1.82) is 0 Å². The number of hydrogen-bond acceptors (Lipinski definition) is 3. The minimum atomic E-state index is -0.382. The molecule has 60 valence electrons. The summed E-state index contributed by atoms with van der Waals surface area (Å²) in [7, 11) is 0. The van der Waals surface area contributed by atoms with Crippen molar-refractivity contribution < 1.29 is 9.59 Å². The van der Waals surface area contributed by atoms with E-state index in [1.807, 2.05) is 0 Å². The Morgan fingerprint density at radius 2 is 2.55 bits per heavy atom. The minimum Gasteiger partial charge on any atom is -0.295 e. The molecule has 0 aromatic carbocycles. The van der Waals surface area contributed by atoms with Gasteiger partial charge in [-0.1, -0.05) is 0 Å². The first-order valence-corrected chi connectivity index (χ1v) is 3.46. The molecule has 1 rings (SSSR count). The zero-order chi connectivity index (χ0) is 8.27. The SMILES string of the molecule is O=C(CCl)NC1=NCC(=O)N1. The van der Waals surface area contributed by atoms with Gasteiger partial charge >= 0.3 is 0 Å². The predicted molar refractivity (Wildman–Crippen MR) is 39.3 cm³/mol. The Hall–Kier alpha value is -1.10. The minimum absolute atomic E-state index is 0.0674. The second kappa shape index (κ2) is 3.34. The summed E-state index contributed by atoms with van der Waals surface area (Å²) in [5, 5.41) is 4.65. The van der Waals surface area contributed by atoms with Crippen LogP contribution in [0.3, 0.4) is 0 Å². The van der Waals surface area contributed by atoms with E-state index >= 15 is 0 Å². The largest absolute Gasteiger partial charge is 0.295 e. The van der Waals surface area contributed by atoms with Gasteiger partial charge in [-0.25, -0.2) is 4.99 Å². The van der Waals surface area contributed by atoms with Crippen LogP contribution < -0.4 is 10.6 Å². The Kier molecular flexibility index (Phi) is 2.43. The Morgan fingerprint density at radius 1 is 1.82 bits per heavy atom. The van der Waals surface area contributed by atoms with Crippen LogP contribution in [0.15, 0.2) is 4.99 Å². The van der Waals surface area contributed by atoms with Gasteiger partial charge in [0, 0.05) is 0 Å². The third kappa shape index (κ3) is 2.19. The fourth-order valence-electron chi connectivity index (χ4n) is 0.598. The first kappa shape index (κ1) is 8.00. The number of carbonyl (C=O) groups excluding carboxylic acids is 2. The zero-order valence-corrected chi connectivity index (χ0v) is 6.31. The number of guanidine groups is 1. The number of nitrogens with one attached hydrogen (secondary N) is 2. The second-order valence-corrected chi connectivity index (χ2v) is 2.16. The van der Waals surface area contributed by atoms with Gasteiger partial charge in [-0.2, -0.15) is 0 Å². The van der Waals surface area contributed by atoms with E-state index in [1.54, 1.807) is 0 Å². The van der Waals surface area contributed by atoms with Gasteiger partial charge in [0.25, 0.3) is 0 Å². The normalized spacial score (nSPS) is 15.7. The standard InChI is InChI=1S/C5H6ClN3O2/c6-1-3(10)8-5-7-2-4(11)9-5/h1-2H2,(H2,7,8,9,10,11). The molecule has 0 saturated heterocycles. The Bertz CT molecular complexity index is 226. The molecular weight excluding hydrogens is 170 g/mol. The molecule has 1 heterocycles. The van der Waals surface area contributed by atoms with Gasteiger partial charge in [-0.3, -0.25) is 20.2 Å². The van der Waals surface area contributed by atoms with E-state index in [-0.39, 0.29) is 30.2 Å². The molecule has 0 aliphatic carbocycles. The molecule has 0 aromatic heterocycles. The number of nitrogens with zero attached hydrogens (tertiary/aromatic N) is 1. The predicted octanol–water partition coefficient (Wildman–Crippen LogP) is -1.17. The third-order valence-corrected chi connectivity index (χ3v) is 1.26. The maximum atomic E-state index is 10.6. The molecule has 0 unspecified atom stereocenters. The quantitative estimate of drug-likeness (QED) is 0.493. The van der Waals surface area contributed by atoms with Gasteiger partial charge in [0.05, 0.1) is 0 Å². The van der Waals surface area contributed by atoms with Gasteiger partial charge in [0.1, 0.15) is 12.4 Å². The van der Waals surface area contributed by atoms with Gasteiger partial charge in [-0.15, -0.1) is 11.6 Å². The lowest BCUT2D eigenvalue weighted by Gasteiger charge is -1.99. The van der Waals surface area contributed by atoms with Crippen LogP contribution in [0.4, 0.5) is 0 Å². The van der Waals surface area contributed by atoms with Crippen LogP contribution >= 0.6 is 11.6 Å². The van der Waals surface area contributed by atoms with Crippen molar-refractivity contribution in [3.63, 3.8) is 0 Å². The summed E-state index contributed by atoms with van der Waals surface area (Å²) in [6, 6.07) is 0. The van der Waals surface area contributed by atoms with E-state index in [2.05, 4.69) is 15.6 Å². The highest BCUT2D eigenvalue weighted by Gasteiger charge is 2.14. The maximum absolute atomic E-state index is 10.6. The van der Waals surface area contributed by atoms with Crippen LogP contribution in [-0.4, -0.2) is 30.2 Å². The summed E-state index contributed by atoms with van der Waals surface area (Å²) in [4.78, 5) is 24.8. The molecule has 0 fully saturated rings. The van der Waals surface area contributed by atoms with E-state index in [0.717, 1.165) is 0 Å². The van der Waals surface area contributed by atoms with Crippen LogP contribution in [0.25, 0.3) is 0 Å². The van der Waals surface area contributed by atoms with Crippen molar-refractivity contribution in [2.45, 2.75) is 0 Å². The number of hydrogen-bond donors (Lipinski definition) is 2. The average molecular weight is 176 g/mol. The van der Waals surface area contributed by atoms with Crippen molar-refractivity contribution in [3.05, 3.63) is 0 Å². The molecule has 2 amide bonds. The number of aliphatic imine (C=N–C) groups is 1. The van der Waals surface area contributed by atoms with E-state index < -0.39 is 0 Å². The molecule has 1 aliphatic rings. The molecule has 1 aliphatic heterocycles. The lowest BCUT2D eigenvalue weighted by Crippen LogP contribution is -2.40. The van der Waals surface area contributed by atoms with Gasteiger partial charge in [-0.05, 0) is 0 Å². The summed E-state index contributed by atoms with van der Waals surface area (Å²) in [6.07, 6.45) is 0. The molecule has 0 atom stereocenters. The van der Waals surface area contributed by atoms with Crippen molar-refractivity contribution in [1.82, 2.24) is 10.6 Å². The van der Waals surface area contributed by atoms with E-state index in [1.165, 1.54) is 0 Å². The number of rotatable bonds is 1. The first-order chi connectivity index (χ1) is 5.22. The van der Waals surface area contributed by atoms with Gasteiger partial charge < -0.3 is 0 Å². The summed E-state index contributed by atoms with van der Waals surface area (Å²) < 4.78 is 0. The van der Waals surface area contributed by atoms with Crippen LogP contribution in [0.2, 0.25) is 0 Å². The zero-order valence-electron chi connectivity index (χ0n) is 5.56. The smallest absolute Gasteiger partial charge is 0.248 e. The number of amides is 2. The Labute approximate surface area is 67.8 Å². The Morgan fingerprint density at radius 3 is 3.00 bits per heavy atom. The first-order valence-electron chi connectivity index (χ1n) is 2.92. The second-order valence-electron chi connectivity index (χ2n) is 1.89. The summed E-state index contributed by atoms with van der Waals surface area (Å²) in [6.45, 7) is 0.0674. The number of carbonyl (C=O) groups is 2. The van der Waals surface area contributed by atoms with Crippen LogP contribution in [0.1, 0.15) is 0 Å². The van der Waals surface area contributed by atoms with E-state index in [0.29, 0.717) is 0 Å². The molecule has 11 heavy (non-hydrogen) atoms. The molecule has 6 heteroatoms. The summed E-state index contributed by atoms with van der Waals surface area (Å²) >= 11 is 5.19. The molecule has 0 saturated carbocycles. The molecular formula is C5H6ClN3O2. The summed E-state index contributed by atoms with van der Waals surface area (Å²) in [5.74, 6) is -0.572. The molecule has 2 N–H and O–H groups in total. The fraction of sp³-hybridized carbons (Fsp3) is 0.400. The molecule has 0 spiro atoms. The summed E-state index contributed by atoms with van der Waals surface area (Å²) in [5.41, 5.74) is 0. The molecule has 0 bridgehead atoms. The van der Waals surface area contributed by atoms with Crippen LogP contribution in [-0.2, 0) is 9.59 Å². The highest BCUT2D eigenvalue weighted by molar-refractivity contribution is 6.28. The lowest BCUT2D eigenvalue weighted by atomic mass is 10.6. The number of alkyl halides is 1. The number of halogens is 1. The van der Waals surface area contributed by atoms with Gasteiger partial charge in [0.15, 0.2) is 0 Å². The molecule has 5 nitrogen and oxygen atoms in total. The topological polar surface area (TPSA) is 70.6 Å². The van der Waals surface area contributed by atoms with E-state index in [9.17, 15) is 9.59 Å². The van der Waals surface area contributed by atoms with Crippen LogP contribution in [0.5, 0.6) is 0 Å². The van der Waals surface area contributed by atoms with E-state index in [4.69, 9.17) is 11.6 Å². The van der Waals surface area contributed by atoms with Crippen molar-refractivity contribution in [2.75, 3.05) is 12.4 Å². The van der Waals surface area contributed by atoms with Crippen LogP contribution in [0, 0.1) is 0 Å². The fourth-order valence-corrected chi connectivity index (χ4v) is 0.665. The Balaban J connectivity index is 2.39. The van der Waals surface area contributed by atoms with Crippen molar-refractivity contribution >= 4 is 29.4 Å². The van der Waals surface area contributed by atoms with Crippen molar-refractivity contribution in [2.24, 2.45) is 4.99 Å². The average Bonchev–Trinajstić information content (AvgIpc) is 2.35. The molecule has 0 radical (unpaired) electrons. The highest BCUT2D eigenvalue weighted by atomic mass is 35.5. The van der Waals surface area contributed by atoms with Gasteiger partial charge in [0.2, 0.25) is 17.8 Å². The van der Waals surface area contributed by atoms with Crippen molar-refractivity contribution in [3.8, 4) is 0 Å². The third-order valence-electron chi connectivity index (χ3n) is 1.02. The molecule has 0 aromatic rings. The lowest BCUT2D eigenvalue weighted by molar-refractivity contribution is -0.117.